The van der Waals surface area contributed by atoms with E-state index in [2.05, 4.69) is 32.6 Å². The van der Waals surface area contributed by atoms with E-state index in [9.17, 15) is 15.3 Å². The maximum absolute atomic E-state index is 10.1. The van der Waals surface area contributed by atoms with Crippen LogP contribution in [0, 0.1) is 17.3 Å². The van der Waals surface area contributed by atoms with E-state index in [-0.39, 0.29) is 11.5 Å². The van der Waals surface area contributed by atoms with Crippen LogP contribution in [0.3, 0.4) is 0 Å². The highest BCUT2D eigenvalue weighted by Gasteiger charge is 2.51. The molecule has 0 amide bonds. The largest absolute Gasteiger partial charge is 0.393 e. The molecule has 3 rings (SSSR count). The molecule has 6 atom stereocenters. The lowest BCUT2D eigenvalue weighted by Crippen LogP contribution is -2.39. The Morgan fingerprint density at radius 1 is 1.27 bits per heavy atom. The number of aliphatic hydroxyl groups excluding tert-OH is 2. The monoisotopic (exact) mass is 418 g/mol. The standard InChI is InChI=1S/C26H42O4/c1-17-20(15-21(27)16-24(17)28)9-8-19-7-6-12-26(5)22(10-11-23(19)26)18(2)30-14-13-25(3,4)29/h8-9,18,21-24,27-29H,1,6-7,10-16H2,2-5H3/b19-8+,20-9-/t18-,21-,22+,23-,24+,26+/m0/s1. The average Bonchev–Trinajstić information content (AvgIpc) is 3.00. The molecule has 0 aromatic heterocycles. The molecule has 0 spiro atoms. The Balaban J connectivity index is 1.70. The highest BCUT2D eigenvalue weighted by atomic mass is 16.5. The second-order valence-electron chi connectivity index (χ2n) is 10.8. The van der Waals surface area contributed by atoms with Crippen LogP contribution in [-0.4, -0.2) is 45.8 Å². The van der Waals surface area contributed by atoms with Crippen LogP contribution in [0.4, 0.5) is 0 Å². The number of ether oxygens (including phenoxy) is 1. The van der Waals surface area contributed by atoms with Crippen molar-refractivity contribution in [1.82, 2.24) is 0 Å². The van der Waals surface area contributed by atoms with Crippen molar-refractivity contribution in [3.8, 4) is 0 Å². The molecular formula is C26H42O4. The van der Waals surface area contributed by atoms with Crippen LogP contribution in [0.5, 0.6) is 0 Å². The summed E-state index contributed by atoms with van der Waals surface area (Å²) in [5.74, 6) is 1.11. The summed E-state index contributed by atoms with van der Waals surface area (Å²) in [5, 5.41) is 30.1. The molecule has 0 saturated heterocycles. The van der Waals surface area contributed by atoms with Gasteiger partial charge in [0.2, 0.25) is 0 Å². The summed E-state index contributed by atoms with van der Waals surface area (Å²) in [6.45, 7) is 13.0. The minimum absolute atomic E-state index is 0.198. The summed E-state index contributed by atoms with van der Waals surface area (Å²) in [6.07, 6.45) is 11.0. The summed E-state index contributed by atoms with van der Waals surface area (Å²) in [7, 11) is 0. The van der Waals surface area contributed by atoms with Gasteiger partial charge in [0.05, 0.1) is 23.9 Å². The predicted octanol–water partition coefficient (Wildman–Crippen LogP) is 4.69. The van der Waals surface area contributed by atoms with Crippen molar-refractivity contribution in [1.29, 1.82) is 0 Å². The van der Waals surface area contributed by atoms with E-state index in [1.54, 1.807) is 0 Å². The molecule has 4 heteroatoms. The van der Waals surface area contributed by atoms with E-state index in [0.717, 1.165) is 17.6 Å². The summed E-state index contributed by atoms with van der Waals surface area (Å²) >= 11 is 0. The number of hydrogen-bond acceptors (Lipinski definition) is 4. The van der Waals surface area contributed by atoms with E-state index in [1.807, 2.05) is 13.8 Å². The minimum Gasteiger partial charge on any atom is -0.393 e. The van der Waals surface area contributed by atoms with E-state index >= 15 is 0 Å². The van der Waals surface area contributed by atoms with Crippen LogP contribution >= 0.6 is 0 Å². The number of fused-ring (bicyclic) bond motifs is 1. The normalized spacial score (nSPS) is 38.8. The molecule has 3 aliphatic rings. The molecule has 3 N–H and O–H groups in total. The second kappa shape index (κ2) is 9.28. The minimum atomic E-state index is -0.680. The summed E-state index contributed by atoms with van der Waals surface area (Å²) in [6, 6.07) is 0. The summed E-state index contributed by atoms with van der Waals surface area (Å²) in [5.41, 5.74) is 2.82. The Bertz CT molecular complexity index is 686. The van der Waals surface area contributed by atoms with Gasteiger partial charge in [0.25, 0.3) is 0 Å². The fourth-order valence-electron chi connectivity index (χ4n) is 6.13. The molecule has 3 aliphatic carbocycles. The molecule has 3 saturated carbocycles. The van der Waals surface area contributed by atoms with Crippen molar-refractivity contribution >= 4 is 0 Å². The van der Waals surface area contributed by atoms with Gasteiger partial charge in [0.1, 0.15) is 0 Å². The lowest BCUT2D eigenvalue weighted by atomic mass is 9.62. The third-order valence-electron chi connectivity index (χ3n) is 7.96. The lowest BCUT2D eigenvalue weighted by Gasteiger charge is -2.44. The lowest BCUT2D eigenvalue weighted by molar-refractivity contribution is -0.0454. The van der Waals surface area contributed by atoms with Crippen LogP contribution in [0.2, 0.25) is 0 Å². The maximum Gasteiger partial charge on any atom is 0.0811 e. The zero-order valence-electron chi connectivity index (χ0n) is 19.4. The SMILES string of the molecule is C=C1/C(=C\C=C2/CCC[C@]3(C)[C@@H]([C@H](C)OCCC(C)(C)O)CC[C@@H]23)C[C@H](O)C[C@H]1O. The van der Waals surface area contributed by atoms with Gasteiger partial charge >= 0.3 is 0 Å². The maximum atomic E-state index is 10.1. The fourth-order valence-corrected chi connectivity index (χ4v) is 6.13. The van der Waals surface area contributed by atoms with Crippen molar-refractivity contribution in [2.24, 2.45) is 17.3 Å². The molecule has 30 heavy (non-hydrogen) atoms. The van der Waals surface area contributed by atoms with Crippen LogP contribution < -0.4 is 0 Å². The molecule has 0 aromatic carbocycles. The first-order valence-electron chi connectivity index (χ1n) is 11.8. The summed E-state index contributed by atoms with van der Waals surface area (Å²) < 4.78 is 6.19. The molecular weight excluding hydrogens is 376 g/mol. The van der Waals surface area contributed by atoms with Gasteiger partial charge in [-0.1, -0.05) is 31.2 Å². The molecule has 0 unspecified atom stereocenters. The van der Waals surface area contributed by atoms with Crippen molar-refractivity contribution < 1.29 is 20.1 Å². The van der Waals surface area contributed by atoms with Crippen LogP contribution in [-0.2, 0) is 4.74 Å². The number of aliphatic hydroxyl groups is 3. The van der Waals surface area contributed by atoms with E-state index < -0.39 is 17.8 Å². The molecule has 0 aromatic rings. The predicted molar refractivity (Wildman–Crippen MR) is 121 cm³/mol. The Morgan fingerprint density at radius 2 is 2.00 bits per heavy atom. The Labute approximate surface area is 182 Å². The first-order chi connectivity index (χ1) is 14.0. The second-order valence-corrected chi connectivity index (χ2v) is 10.8. The molecule has 3 fully saturated rings. The van der Waals surface area contributed by atoms with Gasteiger partial charge in [-0.25, -0.2) is 0 Å². The Hall–Kier alpha value is -0.940. The molecule has 0 bridgehead atoms. The van der Waals surface area contributed by atoms with Crippen LogP contribution in [0.25, 0.3) is 0 Å². The highest BCUT2D eigenvalue weighted by Crippen LogP contribution is 2.58. The molecule has 0 heterocycles. The van der Waals surface area contributed by atoms with Crippen molar-refractivity contribution in [2.75, 3.05) is 6.61 Å². The fraction of sp³-hybridized carbons (Fsp3) is 0.769. The van der Waals surface area contributed by atoms with Crippen molar-refractivity contribution in [3.05, 3.63) is 35.5 Å². The quantitative estimate of drug-likeness (QED) is 0.585. The number of rotatable bonds is 6. The molecule has 0 aliphatic heterocycles. The number of hydrogen-bond donors (Lipinski definition) is 3. The van der Waals surface area contributed by atoms with Gasteiger partial charge in [0, 0.05) is 13.0 Å². The zero-order valence-corrected chi connectivity index (χ0v) is 19.4. The smallest absolute Gasteiger partial charge is 0.0811 e. The third-order valence-corrected chi connectivity index (χ3v) is 7.96. The van der Waals surface area contributed by atoms with Crippen LogP contribution in [0.15, 0.2) is 35.5 Å². The van der Waals surface area contributed by atoms with Crippen LogP contribution in [0.1, 0.15) is 79.1 Å². The summed E-state index contributed by atoms with van der Waals surface area (Å²) in [4.78, 5) is 0. The molecule has 0 radical (unpaired) electrons. The van der Waals surface area contributed by atoms with Gasteiger partial charge in [0.15, 0.2) is 0 Å². The van der Waals surface area contributed by atoms with E-state index in [4.69, 9.17) is 4.74 Å². The number of allylic oxidation sites excluding steroid dienone is 3. The first-order valence-corrected chi connectivity index (χ1v) is 11.8. The van der Waals surface area contributed by atoms with Gasteiger partial charge < -0.3 is 20.1 Å². The van der Waals surface area contributed by atoms with Crippen molar-refractivity contribution in [2.45, 2.75) is 103 Å². The van der Waals surface area contributed by atoms with Crippen molar-refractivity contribution in [3.63, 3.8) is 0 Å². The zero-order chi connectivity index (χ0) is 22.1. The van der Waals surface area contributed by atoms with Gasteiger partial charge in [-0.15, -0.1) is 0 Å². The molecule has 170 valence electrons. The van der Waals surface area contributed by atoms with Gasteiger partial charge in [-0.2, -0.15) is 0 Å². The van der Waals surface area contributed by atoms with E-state index in [1.165, 1.54) is 31.3 Å². The first kappa shape index (κ1) is 23.7. The Kier molecular flexibility index (Phi) is 7.33. The Morgan fingerprint density at radius 3 is 2.70 bits per heavy atom. The van der Waals surface area contributed by atoms with Gasteiger partial charge in [-0.05, 0) is 94.1 Å². The topological polar surface area (TPSA) is 69.9 Å². The highest BCUT2D eigenvalue weighted by molar-refractivity contribution is 5.38. The molecule has 4 nitrogen and oxygen atoms in total. The van der Waals surface area contributed by atoms with E-state index in [0.29, 0.717) is 37.7 Å². The van der Waals surface area contributed by atoms with Gasteiger partial charge in [-0.3, -0.25) is 0 Å². The third kappa shape index (κ3) is 5.27. The average molecular weight is 419 g/mol.